The molecule has 0 aliphatic heterocycles. The van der Waals surface area contributed by atoms with Crippen LogP contribution in [-0.2, 0) is 13.2 Å². The van der Waals surface area contributed by atoms with Crippen LogP contribution < -0.4 is 5.32 Å². The zero-order chi connectivity index (χ0) is 21.5. The molecule has 2 heterocycles. The van der Waals surface area contributed by atoms with E-state index in [0.29, 0.717) is 35.3 Å². The van der Waals surface area contributed by atoms with Gasteiger partial charge in [0.1, 0.15) is 17.2 Å². The standard InChI is InChI=1S/C17H9F7N4O/c1-28-12(4-13(27-28)17(22,23)24)14-8(18)2-7(3-9(14)19)26-16(29)15-10(20)5-25-6-11(15)21/h2-6H,1H3,(H,26,29). The summed E-state index contributed by atoms with van der Waals surface area (Å²) >= 11 is 0. The van der Waals surface area contributed by atoms with E-state index in [4.69, 9.17) is 0 Å². The number of aryl methyl sites for hydroxylation is 1. The van der Waals surface area contributed by atoms with Crippen molar-refractivity contribution in [1.82, 2.24) is 14.8 Å². The Bertz CT molecular complexity index is 1060. The number of hydrogen-bond acceptors (Lipinski definition) is 3. The zero-order valence-corrected chi connectivity index (χ0v) is 14.3. The van der Waals surface area contributed by atoms with Crippen molar-refractivity contribution in [2.45, 2.75) is 6.18 Å². The molecule has 1 amide bonds. The van der Waals surface area contributed by atoms with E-state index in [9.17, 15) is 35.5 Å². The summed E-state index contributed by atoms with van der Waals surface area (Å²) in [5.41, 5.74) is -4.21. The molecule has 0 unspecified atom stereocenters. The third kappa shape index (κ3) is 3.91. The highest BCUT2D eigenvalue weighted by atomic mass is 19.4. The van der Waals surface area contributed by atoms with Crippen molar-refractivity contribution in [1.29, 1.82) is 0 Å². The van der Waals surface area contributed by atoms with Crippen molar-refractivity contribution in [3.8, 4) is 11.3 Å². The summed E-state index contributed by atoms with van der Waals surface area (Å²) < 4.78 is 94.9. The molecule has 0 aliphatic rings. The van der Waals surface area contributed by atoms with Crippen LogP contribution in [-0.4, -0.2) is 20.7 Å². The molecule has 0 fully saturated rings. The molecule has 3 rings (SSSR count). The molecule has 3 aromatic rings. The maximum absolute atomic E-state index is 14.4. The van der Waals surface area contributed by atoms with E-state index in [2.05, 4.69) is 10.1 Å². The van der Waals surface area contributed by atoms with Gasteiger partial charge in [-0.1, -0.05) is 0 Å². The van der Waals surface area contributed by atoms with Gasteiger partial charge >= 0.3 is 6.18 Å². The van der Waals surface area contributed by atoms with Crippen LogP contribution in [0.2, 0.25) is 0 Å². The van der Waals surface area contributed by atoms with E-state index in [1.807, 2.05) is 5.32 Å². The number of alkyl halides is 3. The number of nitrogens with zero attached hydrogens (tertiary/aromatic N) is 3. The molecule has 5 nitrogen and oxygen atoms in total. The maximum Gasteiger partial charge on any atom is 0.435 e. The molecule has 0 radical (unpaired) electrons. The Kier molecular flexibility index (Phi) is 5.03. The minimum absolute atomic E-state index is 0.460. The lowest BCUT2D eigenvalue weighted by atomic mass is 10.1. The molecule has 0 saturated heterocycles. The Labute approximate surface area is 157 Å². The van der Waals surface area contributed by atoms with E-state index in [1.165, 1.54) is 0 Å². The second-order valence-electron chi connectivity index (χ2n) is 5.78. The Morgan fingerprint density at radius 3 is 2.00 bits per heavy atom. The molecule has 0 saturated carbocycles. The van der Waals surface area contributed by atoms with Gasteiger partial charge in [-0.3, -0.25) is 14.5 Å². The van der Waals surface area contributed by atoms with Gasteiger partial charge in [0.15, 0.2) is 17.3 Å². The normalized spacial score (nSPS) is 11.6. The summed E-state index contributed by atoms with van der Waals surface area (Å²) in [6.07, 6.45) is -3.68. The number of carbonyl (C=O) groups is 1. The van der Waals surface area contributed by atoms with Crippen LogP contribution in [0.3, 0.4) is 0 Å². The van der Waals surface area contributed by atoms with Gasteiger partial charge in [0, 0.05) is 12.7 Å². The maximum atomic E-state index is 14.4. The largest absolute Gasteiger partial charge is 0.435 e. The molecule has 0 bridgehead atoms. The van der Waals surface area contributed by atoms with Crippen molar-refractivity contribution < 1.29 is 35.5 Å². The lowest BCUT2D eigenvalue weighted by molar-refractivity contribution is -0.141. The van der Waals surface area contributed by atoms with Crippen molar-refractivity contribution >= 4 is 11.6 Å². The number of aromatic nitrogens is 3. The molecular formula is C17H9F7N4O. The lowest BCUT2D eigenvalue weighted by Crippen LogP contribution is -2.16. The highest BCUT2D eigenvalue weighted by Crippen LogP contribution is 2.34. The lowest BCUT2D eigenvalue weighted by Gasteiger charge is -2.10. The van der Waals surface area contributed by atoms with E-state index < -0.39 is 63.6 Å². The third-order valence-corrected chi connectivity index (χ3v) is 3.81. The Balaban J connectivity index is 1.97. The van der Waals surface area contributed by atoms with Crippen LogP contribution in [0, 0.1) is 23.3 Å². The number of halogens is 7. The van der Waals surface area contributed by atoms with Crippen molar-refractivity contribution in [3.63, 3.8) is 0 Å². The van der Waals surface area contributed by atoms with Gasteiger partial charge in [-0.2, -0.15) is 18.3 Å². The molecule has 0 spiro atoms. The number of hydrogen-bond donors (Lipinski definition) is 1. The van der Waals surface area contributed by atoms with Gasteiger partial charge in [-0.25, -0.2) is 17.6 Å². The first-order chi connectivity index (χ1) is 13.5. The Morgan fingerprint density at radius 2 is 1.52 bits per heavy atom. The average molecular weight is 418 g/mol. The predicted molar refractivity (Wildman–Crippen MR) is 85.7 cm³/mol. The van der Waals surface area contributed by atoms with Crippen molar-refractivity contribution in [3.05, 3.63) is 65.1 Å². The van der Waals surface area contributed by atoms with Crippen LogP contribution in [0.4, 0.5) is 36.4 Å². The summed E-state index contributed by atoms with van der Waals surface area (Å²) in [7, 11) is 1.06. The zero-order valence-electron chi connectivity index (χ0n) is 14.3. The highest BCUT2D eigenvalue weighted by Gasteiger charge is 2.35. The summed E-state index contributed by atoms with van der Waals surface area (Å²) in [5.74, 6) is -6.58. The van der Waals surface area contributed by atoms with E-state index in [-0.39, 0.29) is 0 Å². The topological polar surface area (TPSA) is 59.8 Å². The minimum atomic E-state index is -4.82. The number of benzene rings is 1. The first-order valence-corrected chi connectivity index (χ1v) is 7.70. The van der Waals surface area contributed by atoms with Gasteiger partial charge in [0.25, 0.3) is 5.91 Å². The number of nitrogens with one attached hydrogen (secondary N) is 1. The summed E-state index contributed by atoms with van der Waals surface area (Å²) in [5, 5.41) is 5.08. The predicted octanol–water partition coefficient (Wildman–Crippen LogP) is 4.31. The Hall–Kier alpha value is -3.44. The van der Waals surface area contributed by atoms with E-state index in [0.717, 1.165) is 7.05 Å². The number of amides is 1. The quantitative estimate of drug-likeness (QED) is 0.645. The molecule has 1 aromatic carbocycles. The second-order valence-corrected chi connectivity index (χ2v) is 5.78. The molecule has 29 heavy (non-hydrogen) atoms. The van der Waals surface area contributed by atoms with Crippen LogP contribution >= 0.6 is 0 Å². The fraction of sp³-hybridized carbons (Fsp3) is 0.118. The fourth-order valence-electron chi connectivity index (χ4n) is 2.55. The van der Waals surface area contributed by atoms with Crippen LogP contribution in [0.25, 0.3) is 11.3 Å². The summed E-state index contributed by atoms with van der Waals surface area (Å²) in [6.45, 7) is 0. The number of rotatable bonds is 3. The van der Waals surface area contributed by atoms with Crippen LogP contribution in [0.5, 0.6) is 0 Å². The van der Waals surface area contributed by atoms with Crippen molar-refractivity contribution in [2.24, 2.45) is 7.05 Å². The SMILES string of the molecule is Cn1nc(C(F)(F)F)cc1-c1c(F)cc(NC(=O)c2c(F)cncc2F)cc1F. The summed E-state index contributed by atoms with van der Waals surface area (Å²) in [6, 6.07) is 1.64. The molecule has 2 aromatic heterocycles. The first kappa shape index (κ1) is 20.3. The van der Waals surface area contributed by atoms with Crippen LogP contribution in [0.1, 0.15) is 16.1 Å². The van der Waals surface area contributed by atoms with E-state index >= 15 is 0 Å². The highest BCUT2D eigenvalue weighted by molar-refractivity contribution is 6.04. The van der Waals surface area contributed by atoms with Gasteiger partial charge in [-0.15, -0.1) is 0 Å². The second kappa shape index (κ2) is 7.18. The molecule has 152 valence electrons. The van der Waals surface area contributed by atoms with Gasteiger partial charge < -0.3 is 5.32 Å². The smallest absolute Gasteiger partial charge is 0.322 e. The van der Waals surface area contributed by atoms with Gasteiger partial charge in [-0.05, 0) is 18.2 Å². The summed E-state index contributed by atoms with van der Waals surface area (Å²) in [4.78, 5) is 15.2. The van der Waals surface area contributed by atoms with Crippen molar-refractivity contribution in [2.75, 3.05) is 5.32 Å². The molecule has 0 aliphatic carbocycles. The first-order valence-electron chi connectivity index (χ1n) is 7.70. The van der Waals surface area contributed by atoms with E-state index in [1.54, 1.807) is 0 Å². The fourth-order valence-corrected chi connectivity index (χ4v) is 2.55. The molecule has 12 heteroatoms. The number of anilines is 1. The average Bonchev–Trinajstić information content (AvgIpc) is 2.96. The number of pyridine rings is 1. The Morgan fingerprint density at radius 1 is 0.966 bits per heavy atom. The molecular weight excluding hydrogens is 409 g/mol. The molecule has 1 N–H and O–H groups in total. The van der Waals surface area contributed by atoms with Crippen LogP contribution in [0.15, 0.2) is 30.6 Å². The third-order valence-electron chi connectivity index (χ3n) is 3.81. The monoisotopic (exact) mass is 418 g/mol. The van der Waals surface area contributed by atoms with Gasteiger partial charge in [0.05, 0.1) is 23.7 Å². The van der Waals surface area contributed by atoms with Gasteiger partial charge in [0.2, 0.25) is 0 Å². The number of carbonyl (C=O) groups excluding carboxylic acids is 1. The molecule has 0 atom stereocenters. The minimum Gasteiger partial charge on any atom is -0.322 e.